The normalized spacial score (nSPS) is 15.5. The molecule has 4 nitrogen and oxygen atoms in total. The van der Waals surface area contributed by atoms with Crippen molar-refractivity contribution in [3.05, 3.63) is 82.4 Å². The topological polar surface area (TPSA) is 45.2 Å². The molecule has 1 amide bonds. The molecule has 1 aliphatic heterocycles. The van der Waals surface area contributed by atoms with E-state index in [0.717, 1.165) is 43.2 Å². The first-order chi connectivity index (χ1) is 15.3. The van der Waals surface area contributed by atoms with Gasteiger partial charge in [-0.15, -0.1) is 11.3 Å². The molecular weight excluding hydrogens is 428 g/mol. The summed E-state index contributed by atoms with van der Waals surface area (Å²) in [6.07, 6.45) is 4.35. The number of carbonyl (C=O) groups is 1. The molecule has 1 aliphatic rings. The Morgan fingerprint density at radius 2 is 2.03 bits per heavy atom. The Labute approximate surface area is 191 Å². The third kappa shape index (κ3) is 5.59. The van der Waals surface area contributed by atoms with Crippen molar-refractivity contribution in [3.63, 3.8) is 0 Å². The fraction of sp³-hybridized carbons (Fsp3) is 0.280. The highest BCUT2D eigenvalue weighted by molar-refractivity contribution is 7.13. The van der Waals surface area contributed by atoms with E-state index in [0.29, 0.717) is 17.7 Å². The molecular formula is C25H27F2N3OS. The maximum atomic E-state index is 14.4. The van der Waals surface area contributed by atoms with E-state index in [1.807, 2.05) is 17.5 Å². The lowest BCUT2D eigenvalue weighted by Gasteiger charge is -2.30. The largest absolute Gasteiger partial charge is 0.343 e. The summed E-state index contributed by atoms with van der Waals surface area (Å²) in [4.78, 5) is 19.2. The summed E-state index contributed by atoms with van der Waals surface area (Å²) in [6, 6.07) is 7.31. The summed E-state index contributed by atoms with van der Waals surface area (Å²) >= 11 is 1.62. The molecule has 32 heavy (non-hydrogen) atoms. The number of thiazole rings is 1. The first-order valence-corrected chi connectivity index (χ1v) is 11.3. The van der Waals surface area contributed by atoms with Crippen molar-refractivity contribution < 1.29 is 13.6 Å². The van der Waals surface area contributed by atoms with Gasteiger partial charge in [0.2, 0.25) is 0 Å². The van der Waals surface area contributed by atoms with E-state index >= 15 is 0 Å². The SMILES string of the molecule is C=C(/C=C(F)\C(C(=O)Nc1ccc(C2=C(C)CCN(c3nccs3)C2)cc1)=C(/C)F)CC. The molecule has 0 aliphatic carbocycles. The fourth-order valence-electron chi connectivity index (χ4n) is 3.46. The molecule has 2 aromatic rings. The molecule has 3 rings (SSSR count). The van der Waals surface area contributed by atoms with Gasteiger partial charge in [0.1, 0.15) is 17.2 Å². The first-order valence-electron chi connectivity index (χ1n) is 10.5. The molecule has 0 bridgehead atoms. The van der Waals surface area contributed by atoms with Gasteiger partial charge >= 0.3 is 0 Å². The summed E-state index contributed by atoms with van der Waals surface area (Å²) < 4.78 is 28.4. The van der Waals surface area contributed by atoms with Gasteiger partial charge in [-0.3, -0.25) is 4.79 Å². The van der Waals surface area contributed by atoms with E-state index in [2.05, 4.69) is 28.7 Å². The van der Waals surface area contributed by atoms with Gasteiger partial charge in [-0.2, -0.15) is 0 Å². The predicted octanol–water partition coefficient (Wildman–Crippen LogP) is 6.83. The number of hydrogen-bond acceptors (Lipinski definition) is 4. The molecule has 0 unspecified atom stereocenters. The number of amides is 1. The van der Waals surface area contributed by atoms with Crippen molar-refractivity contribution >= 4 is 33.6 Å². The molecule has 0 fully saturated rings. The van der Waals surface area contributed by atoms with Crippen molar-refractivity contribution in [3.8, 4) is 0 Å². The van der Waals surface area contributed by atoms with Gasteiger partial charge in [-0.1, -0.05) is 36.8 Å². The van der Waals surface area contributed by atoms with Gasteiger partial charge in [0.15, 0.2) is 5.13 Å². The summed E-state index contributed by atoms with van der Waals surface area (Å²) in [5, 5.41) is 5.55. The van der Waals surface area contributed by atoms with Crippen LogP contribution in [0.5, 0.6) is 0 Å². The molecule has 0 radical (unpaired) electrons. The van der Waals surface area contributed by atoms with Crippen molar-refractivity contribution in [1.82, 2.24) is 4.98 Å². The molecule has 0 saturated heterocycles. The molecule has 1 aromatic carbocycles. The van der Waals surface area contributed by atoms with Crippen molar-refractivity contribution in [2.24, 2.45) is 0 Å². The monoisotopic (exact) mass is 455 g/mol. The lowest BCUT2D eigenvalue weighted by molar-refractivity contribution is -0.112. The Kier molecular flexibility index (Phi) is 7.75. The Bertz CT molecular complexity index is 1080. The highest BCUT2D eigenvalue weighted by Gasteiger charge is 2.21. The molecule has 168 valence electrons. The van der Waals surface area contributed by atoms with E-state index < -0.39 is 23.1 Å². The zero-order chi connectivity index (χ0) is 23.3. The Morgan fingerprint density at radius 1 is 1.31 bits per heavy atom. The highest BCUT2D eigenvalue weighted by atomic mass is 32.1. The van der Waals surface area contributed by atoms with Crippen LogP contribution in [-0.4, -0.2) is 24.0 Å². The molecule has 7 heteroatoms. The average molecular weight is 456 g/mol. The number of benzene rings is 1. The Hall–Kier alpha value is -3.06. The van der Waals surface area contributed by atoms with Crippen LogP contribution in [0.25, 0.3) is 5.57 Å². The fourth-order valence-corrected chi connectivity index (χ4v) is 4.13. The number of aromatic nitrogens is 1. The lowest BCUT2D eigenvalue weighted by atomic mass is 9.95. The maximum Gasteiger partial charge on any atom is 0.261 e. The van der Waals surface area contributed by atoms with E-state index in [-0.39, 0.29) is 0 Å². The quantitative estimate of drug-likeness (QED) is 0.368. The molecule has 1 aromatic heterocycles. The number of carbonyl (C=O) groups excluding carboxylic acids is 1. The molecule has 0 atom stereocenters. The number of rotatable bonds is 7. The van der Waals surface area contributed by atoms with Crippen molar-refractivity contribution in [2.45, 2.75) is 33.6 Å². The van der Waals surface area contributed by atoms with Crippen LogP contribution in [0.4, 0.5) is 19.6 Å². The van der Waals surface area contributed by atoms with E-state index in [1.165, 1.54) is 11.1 Å². The van der Waals surface area contributed by atoms with Gasteiger partial charge in [0.05, 0.1) is 0 Å². The smallest absolute Gasteiger partial charge is 0.261 e. The number of hydrogen-bond donors (Lipinski definition) is 1. The van der Waals surface area contributed by atoms with Gasteiger partial charge in [0, 0.05) is 30.4 Å². The standard InChI is InChI=1S/C25H27F2N3OS/c1-5-16(2)14-22(27)23(18(4)26)24(31)29-20-8-6-19(7-9-20)21-15-30(12-10-17(21)3)25-28-11-13-32-25/h6-9,11,13-14H,2,5,10,12,15H2,1,3-4H3,(H,29,31)/b22-14+,23-18-. The number of nitrogens with one attached hydrogen (secondary N) is 1. The minimum atomic E-state index is -0.934. The third-order valence-corrected chi connectivity index (χ3v) is 6.23. The predicted molar refractivity (Wildman–Crippen MR) is 129 cm³/mol. The summed E-state index contributed by atoms with van der Waals surface area (Å²) in [5.41, 5.74) is 3.90. The zero-order valence-electron chi connectivity index (χ0n) is 18.5. The second-order valence-electron chi connectivity index (χ2n) is 7.69. The van der Waals surface area contributed by atoms with Crippen LogP contribution in [0.3, 0.4) is 0 Å². The average Bonchev–Trinajstić information content (AvgIpc) is 3.29. The number of halogens is 2. The second kappa shape index (κ2) is 10.5. The Balaban J connectivity index is 1.75. The van der Waals surface area contributed by atoms with Crippen LogP contribution >= 0.6 is 11.3 Å². The molecule has 0 spiro atoms. The van der Waals surface area contributed by atoms with Crippen LogP contribution in [0.15, 0.2) is 76.9 Å². The maximum absolute atomic E-state index is 14.4. The van der Waals surface area contributed by atoms with E-state index in [1.54, 1.807) is 36.6 Å². The van der Waals surface area contributed by atoms with Crippen LogP contribution in [0.2, 0.25) is 0 Å². The lowest BCUT2D eigenvalue weighted by Crippen LogP contribution is -2.30. The Morgan fingerprint density at radius 3 is 2.62 bits per heavy atom. The zero-order valence-corrected chi connectivity index (χ0v) is 19.4. The van der Waals surface area contributed by atoms with Gasteiger partial charge in [-0.25, -0.2) is 13.8 Å². The summed E-state index contributed by atoms with van der Waals surface area (Å²) in [6.45, 7) is 10.4. The number of anilines is 2. The molecule has 2 heterocycles. The van der Waals surface area contributed by atoms with Crippen LogP contribution < -0.4 is 10.2 Å². The summed E-state index contributed by atoms with van der Waals surface area (Å²) in [5.74, 6) is -2.66. The molecule has 0 saturated carbocycles. The van der Waals surface area contributed by atoms with E-state index in [9.17, 15) is 13.6 Å². The number of allylic oxidation sites excluding steroid dienone is 3. The van der Waals surface area contributed by atoms with Crippen molar-refractivity contribution in [2.75, 3.05) is 23.3 Å². The first kappa shape index (κ1) is 23.6. The summed E-state index contributed by atoms with van der Waals surface area (Å²) in [7, 11) is 0. The van der Waals surface area contributed by atoms with Crippen LogP contribution in [0, 0.1) is 0 Å². The van der Waals surface area contributed by atoms with Gasteiger partial charge in [-0.05, 0) is 56.0 Å². The highest BCUT2D eigenvalue weighted by Crippen LogP contribution is 2.31. The van der Waals surface area contributed by atoms with E-state index in [4.69, 9.17) is 0 Å². The van der Waals surface area contributed by atoms with Gasteiger partial charge < -0.3 is 10.2 Å². The number of nitrogens with zero attached hydrogens (tertiary/aromatic N) is 2. The van der Waals surface area contributed by atoms with Crippen molar-refractivity contribution in [1.29, 1.82) is 0 Å². The van der Waals surface area contributed by atoms with Crippen LogP contribution in [0.1, 0.15) is 39.2 Å². The van der Waals surface area contributed by atoms with Gasteiger partial charge in [0.25, 0.3) is 5.91 Å². The second-order valence-corrected chi connectivity index (χ2v) is 8.56. The minimum absolute atomic E-state index is 0.463. The molecule has 1 N–H and O–H groups in total. The van der Waals surface area contributed by atoms with Crippen LogP contribution in [-0.2, 0) is 4.79 Å². The third-order valence-electron chi connectivity index (χ3n) is 5.40. The minimum Gasteiger partial charge on any atom is -0.343 e.